The number of benzene rings is 2. The summed E-state index contributed by atoms with van der Waals surface area (Å²) in [6, 6.07) is 10.8. The molecule has 1 heterocycles. The minimum atomic E-state index is -3.90. The molecule has 0 aromatic heterocycles. The van der Waals surface area contributed by atoms with Crippen LogP contribution in [-0.4, -0.2) is 41.8 Å². The molecule has 25 heavy (non-hydrogen) atoms. The Morgan fingerprint density at radius 1 is 1.08 bits per heavy atom. The predicted octanol–water partition coefficient (Wildman–Crippen LogP) is 2.07. The average molecular weight is 363 g/mol. The third-order valence-electron chi connectivity index (χ3n) is 3.82. The van der Waals surface area contributed by atoms with Gasteiger partial charge in [0.25, 0.3) is 10.0 Å². The molecule has 132 valence electrons. The first kappa shape index (κ1) is 17.1. The van der Waals surface area contributed by atoms with Crippen molar-refractivity contribution in [3.63, 3.8) is 0 Å². The summed E-state index contributed by atoms with van der Waals surface area (Å²) in [5, 5.41) is 0. The summed E-state index contributed by atoms with van der Waals surface area (Å²) in [6.07, 6.45) is 0. The van der Waals surface area contributed by atoms with Crippen LogP contribution in [0.2, 0.25) is 0 Å². The quantitative estimate of drug-likeness (QED) is 0.774. The number of esters is 1. The second-order valence-electron chi connectivity index (χ2n) is 5.29. The van der Waals surface area contributed by atoms with Crippen molar-refractivity contribution in [1.29, 1.82) is 0 Å². The highest BCUT2D eigenvalue weighted by atomic mass is 32.2. The molecular formula is C17H17NO6S. The molecule has 2 aromatic rings. The molecule has 1 aliphatic heterocycles. The molecule has 0 unspecified atom stereocenters. The van der Waals surface area contributed by atoms with Crippen molar-refractivity contribution in [1.82, 2.24) is 0 Å². The van der Waals surface area contributed by atoms with E-state index >= 15 is 0 Å². The second kappa shape index (κ2) is 6.64. The van der Waals surface area contributed by atoms with Gasteiger partial charge in [-0.25, -0.2) is 13.2 Å². The van der Waals surface area contributed by atoms with Gasteiger partial charge in [0.2, 0.25) is 0 Å². The van der Waals surface area contributed by atoms with E-state index in [4.69, 9.17) is 14.2 Å². The van der Waals surface area contributed by atoms with Gasteiger partial charge in [-0.3, -0.25) is 4.31 Å². The topological polar surface area (TPSA) is 82.1 Å². The van der Waals surface area contributed by atoms with Crippen LogP contribution in [-0.2, 0) is 14.8 Å². The van der Waals surface area contributed by atoms with Gasteiger partial charge in [-0.05, 0) is 24.3 Å². The van der Waals surface area contributed by atoms with Crippen molar-refractivity contribution >= 4 is 21.7 Å². The molecule has 0 atom stereocenters. The van der Waals surface area contributed by atoms with Gasteiger partial charge in [0.05, 0.1) is 23.3 Å². The summed E-state index contributed by atoms with van der Waals surface area (Å²) in [6.45, 7) is 0.781. The van der Waals surface area contributed by atoms with Gasteiger partial charge in [-0.2, -0.15) is 0 Å². The van der Waals surface area contributed by atoms with Crippen molar-refractivity contribution in [2.75, 3.05) is 31.7 Å². The van der Waals surface area contributed by atoms with Gasteiger partial charge < -0.3 is 14.2 Å². The molecule has 0 radical (unpaired) electrons. The van der Waals surface area contributed by atoms with Crippen LogP contribution in [0.4, 0.5) is 5.69 Å². The second-order valence-corrected chi connectivity index (χ2v) is 7.26. The third kappa shape index (κ3) is 3.12. The molecule has 8 heteroatoms. The Bertz CT molecular complexity index is 909. The van der Waals surface area contributed by atoms with E-state index < -0.39 is 16.0 Å². The van der Waals surface area contributed by atoms with Crippen molar-refractivity contribution in [3.8, 4) is 11.5 Å². The molecule has 1 aliphatic rings. The van der Waals surface area contributed by atoms with Gasteiger partial charge >= 0.3 is 5.97 Å². The smallest absolute Gasteiger partial charge is 0.340 e. The number of anilines is 1. The predicted molar refractivity (Wildman–Crippen MR) is 90.8 cm³/mol. The summed E-state index contributed by atoms with van der Waals surface area (Å²) in [5.41, 5.74) is 0.387. The van der Waals surface area contributed by atoms with Crippen molar-refractivity contribution in [2.45, 2.75) is 4.90 Å². The van der Waals surface area contributed by atoms with E-state index in [1.165, 1.54) is 32.4 Å². The number of rotatable bonds is 4. The van der Waals surface area contributed by atoms with Gasteiger partial charge in [0.1, 0.15) is 13.2 Å². The SMILES string of the molecule is COC(=O)c1ccccc1N(C)S(=O)(=O)c1ccc2c(c1)OCCO2. The number of ether oxygens (including phenoxy) is 3. The van der Waals surface area contributed by atoms with Gasteiger partial charge in [-0.1, -0.05) is 12.1 Å². The molecule has 0 N–H and O–H groups in total. The zero-order valence-corrected chi connectivity index (χ0v) is 14.6. The van der Waals surface area contributed by atoms with E-state index in [1.54, 1.807) is 24.3 Å². The van der Waals surface area contributed by atoms with Gasteiger partial charge in [-0.15, -0.1) is 0 Å². The highest BCUT2D eigenvalue weighted by Gasteiger charge is 2.27. The zero-order valence-electron chi connectivity index (χ0n) is 13.8. The Hall–Kier alpha value is -2.74. The number of fused-ring (bicyclic) bond motifs is 1. The molecule has 0 amide bonds. The van der Waals surface area contributed by atoms with E-state index in [1.807, 2.05) is 0 Å². The van der Waals surface area contributed by atoms with E-state index in [9.17, 15) is 13.2 Å². The largest absolute Gasteiger partial charge is 0.486 e. The van der Waals surface area contributed by atoms with E-state index in [0.717, 1.165) is 4.31 Å². The molecule has 2 aromatic carbocycles. The van der Waals surface area contributed by atoms with Crippen LogP contribution < -0.4 is 13.8 Å². The Morgan fingerprint density at radius 3 is 2.48 bits per heavy atom. The lowest BCUT2D eigenvalue weighted by molar-refractivity contribution is 0.0601. The molecule has 0 aliphatic carbocycles. The lowest BCUT2D eigenvalue weighted by Gasteiger charge is -2.23. The van der Waals surface area contributed by atoms with Crippen LogP contribution in [0, 0.1) is 0 Å². The minimum absolute atomic E-state index is 0.0407. The summed E-state index contributed by atoms with van der Waals surface area (Å²) in [5.74, 6) is 0.268. The number of hydrogen-bond donors (Lipinski definition) is 0. The summed E-state index contributed by atoms with van der Waals surface area (Å²) >= 11 is 0. The molecule has 7 nitrogen and oxygen atoms in total. The van der Waals surface area contributed by atoms with E-state index in [2.05, 4.69) is 0 Å². The highest BCUT2D eigenvalue weighted by Crippen LogP contribution is 2.34. The summed E-state index contributed by atoms with van der Waals surface area (Å²) in [4.78, 5) is 12.0. The molecule has 0 spiro atoms. The maximum atomic E-state index is 13.0. The number of carbonyl (C=O) groups is 1. The van der Waals surface area contributed by atoms with Crippen molar-refractivity contribution in [3.05, 3.63) is 48.0 Å². The Labute approximate surface area is 145 Å². The van der Waals surface area contributed by atoms with Crippen LogP contribution >= 0.6 is 0 Å². The lowest BCUT2D eigenvalue weighted by Crippen LogP contribution is -2.28. The molecule has 0 fully saturated rings. The molecule has 0 saturated carbocycles. The van der Waals surface area contributed by atoms with Crippen molar-refractivity contribution < 1.29 is 27.4 Å². The number of hydrogen-bond acceptors (Lipinski definition) is 6. The van der Waals surface area contributed by atoms with Crippen molar-refractivity contribution in [2.24, 2.45) is 0 Å². The number of carbonyl (C=O) groups excluding carboxylic acids is 1. The highest BCUT2D eigenvalue weighted by molar-refractivity contribution is 7.92. The Kier molecular flexibility index (Phi) is 4.54. The number of nitrogens with zero attached hydrogens (tertiary/aromatic N) is 1. The van der Waals surface area contributed by atoms with Crippen LogP contribution in [0.15, 0.2) is 47.4 Å². The molecule has 3 rings (SSSR count). The maximum absolute atomic E-state index is 13.0. The first-order valence-electron chi connectivity index (χ1n) is 7.51. The number of methoxy groups -OCH3 is 1. The fourth-order valence-electron chi connectivity index (χ4n) is 2.50. The lowest BCUT2D eigenvalue weighted by atomic mass is 10.2. The fourth-order valence-corrected chi connectivity index (χ4v) is 3.73. The zero-order chi connectivity index (χ0) is 18.0. The summed E-state index contributed by atoms with van der Waals surface area (Å²) in [7, 11) is -1.27. The normalized spacial score (nSPS) is 13.2. The fraction of sp³-hybridized carbons (Fsp3) is 0.235. The molecular weight excluding hydrogens is 346 g/mol. The first-order valence-corrected chi connectivity index (χ1v) is 8.95. The average Bonchev–Trinajstić information content (AvgIpc) is 2.66. The van der Waals surface area contributed by atoms with Gasteiger partial charge in [0.15, 0.2) is 11.5 Å². The first-order chi connectivity index (χ1) is 11.9. The Morgan fingerprint density at radius 2 is 1.76 bits per heavy atom. The Balaban J connectivity index is 2.02. The van der Waals surface area contributed by atoms with Crippen LogP contribution in [0.25, 0.3) is 0 Å². The molecule has 0 saturated heterocycles. The standard InChI is InChI=1S/C17H17NO6S/c1-18(14-6-4-3-5-13(14)17(19)22-2)25(20,21)12-7-8-15-16(11-12)24-10-9-23-15/h3-8,11H,9-10H2,1-2H3. The summed E-state index contributed by atoms with van der Waals surface area (Å²) < 4.78 is 42.5. The minimum Gasteiger partial charge on any atom is -0.486 e. The van der Waals surface area contributed by atoms with Crippen LogP contribution in [0.3, 0.4) is 0 Å². The van der Waals surface area contributed by atoms with E-state index in [-0.39, 0.29) is 16.1 Å². The van der Waals surface area contributed by atoms with Gasteiger partial charge in [0, 0.05) is 13.1 Å². The number of sulfonamides is 1. The maximum Gasteiger partial charge on any atom is 0.340 e. The monoisotopic (exact) mass is 363 g/mol. The third-order valence-corrected chi connectivity index (χ3v) is 5.59. The van der Waals surface area contributed by atoms with E-state index in [0.29, 0.717) is 24.7 Å². The molecule has 0 bridgehead atoms. The number of para-hydroxylation sites is 1. The van der Waals surface area contributed by atoms with Crippen LogP contribution in [0.1, 0.15) is 10.4 Å². The van der Waals surface area contributed by atoms with Crippen LogP contribution in [0.5, 0.6) is 11.5 Å².